The van der Waals surface area contributed by atoms with E-state index < -0.39 is 11.9 Å². The van der Waals surface area contributed by atoms with Gasteiger partial charge in [-0.05, 0) is 25.0 Å². The fraction of sp³-hybridized carbons (Fsp3) is 0.400. The molecule has 0 radical (unpaired) electrons. The lowest BCUT2D eigenvalue weighted by Crippen LogP contribution is -2.26. The van der Waals surface area contributed by atoms with Crippen molar-refractivity contribution >= 4 is 11.9 Å². The van der Waals surface area contributed by atoms with Gasteiger partial charge in [-0.3, -0.25) is 9.68 Å². The lowest BCUT2D eigenvalue weighted by Gasteiger charge is -2.14. The van der Waals surface area contributed by atoms with E-state index in [1.54, 1.807) is 13.8 Å². The molecule has 0 saturated heterocycles. The molecule has 0 aliphatic rings. The number of carbonyl (C=O) groups excluding carboxylic acids is 2. The zero-order valence-corrected chi connectivity index (χ0v) is 16.3. The summed E-state index contributed by atoms with van der Waals surface area (Å²) in [5.41, 5.74) is 7.74. The number of ether oxygens (including phenoxy) is 2. The van der Waals surface area contributed by atoms with Crippen molar-refractivity contribution in [2.75, 3.05) is 13.2 Å². The lowest BCUT2D eigenvalue weighted by atomic mass is 10.1. The molecule has 0 aromatic heterocycles. The van der Waals surface area contributed by atoms with E-state index in [0.717, 1.165) is 23.3 Å². The average Bonchev–Trinajstić information content (AvgIpc) is 2.70. The summed E-state index contributed by atoms with van der Waals surface area (Å²) < 4.78 is 9.80. The highest BCUT2D eigenvalue weighted by molar-refractivity contribution is 5.81. The highest BCUT2D eigenvalue weighted by atomic mass is 16.7. The van der Waals surface area contributed by atoms with Crippen LogP contribution in [-0.4, -0.2) is 37.4 Å². The third-order valence-corrected chi connectivity index (χ3v) is 3.37. The van der Waals surface area contributed by atoms with E-state index in [1.807, 2.05) is 24.3 Å². The van der Waals surface area contributed by atoms with Gasteiger partial charge in [0, 0.05) is 25.2 Å². The van der Waals surface area contributed by atoms with Crippen molar-refractivity contribution < 1.29 is 28.7 Å². The van der Waals surface area contributed by atoms with Gasteiger partial charge in [0.25, 0.3) is 0 Å². The Kier molecular flexibility index (Phi) is 11.4. The molecule has 0 amide bonds. The monoisotopic (exact) mass is 392 g/mol. The van der Waals surface area contributed by atoms with Gasteiger partial charge in [0.1, 0.15) is 25.4 Å². The van der Waals surface area contributed by atoms with Crippen LogP contribution in [0.3, 0.4) is 0 Å². The SMILES string of the molecule is C=CC(=O)OCC(C)ONCc1cccc(CNOC(C)COC(=O)C=C)c1. The van der Waals surface area contributed by atoms with E-state index in [2.05, 4.69) is 24.1 Å². The molecule has 28 heavy (non-hydrogen) atoms. The summed E-state index contributed by atoms with van der Waals surface area (Å²) in [7, 11) is 0. The minimum Gasteiger partial charge on any atom is -0.460 e. The molecule has 0 saturated carbocycles. The number of hydrogen-bond donors (Lipinski definition) is 2. The fourth-order valence-electron chi connectivity index (χ4n) is 1.97. The minimum absolute atomic E-state index is 0.138. The Morgan fingerprint density at radius 3 is 1.75 bits per heavy atom. The first kappa shape index (κ1) is 23.5. The van der Waals surface area contributed by atoms with Gasteiger partial charge in [0.05, 0.1) is 0 Å². The second-order valence-corrected chi connectivity index (χ2v) is 5.99. The Hall–Kier alpha value is -2.52. The lowest BCUT2D eigenvalue weighted by molar-refractivity contribution is -0.144. The van der Waals surface area contributed by atoms with Crippen LogP contribution in [0.15, 0.2) is 49.6 Å². The van der Waals surface area contributed by atoms with Gasteiger partial charge in [-0.2, -0.15) is 11.0 Å². The van der Waals surface area contributed by atoms with Crippen molar-refractivity contribution in [2.24, 2.45) is 0 Å². The number of rotatable bonds is 14. The van der Waals surface area contributed by atoms with E-state index in [-0.39, 0.29) is 25.4 Å². The Bertz CT molecular complexity index is 598. The normalized spacial score (nSPS) is 12.6. The maximum absolute atomic E-state index is 11.0. The molecule has 2 unspecified atom stereocenters. The van der Waals surface area contributed by atoms with Crippen molar-refractivity contribution in [2.45, 2.75) is 39.1 Å². The number of esters is 2. The predicted octanol–water partition coefficient (Wildman–Crippen LogP) is 1.96. The number of hydrogen-bond acceptors (Lipinski definition) is 8. The maximum Gasteiger partial charge on any atom is 0.330 e. The van der Waals surface area contributed by atoms with Gasteiger partial charge in [-0.15, -0.1) is 0 Å². The molecule has 2 N–H and O–H groups in total. The van der Waals surface area contributed by atoms with Crippen LogP contribution in [0, 0.1) is 0 Å². The summed E-state index contributed by atoms with van der Waals surface area (Å²) in [6.07, 6.45) is 1.63. The molecule has 154 valence electrons. The number of carbonyl (C=O) groups is 2. The summed E-state index contributed by atoms with van der Waals surface area (Å²) in [5.74, 6) is -0.961. The maximum atomic E-state index is 11.0. The predicted molar refractivity (Wildman–Crippen MR) is 104 cm³/mol. The van der Waals surface area contributed by atoms with E-state index >= 15 is 0 Å². The van der Waals surface area contributed by atoms with Gasteiger partial charge >= 0.3 is 11.9 Å². The van der Waals surface area contributed by atoms with Crippen molar-refractivity contribution in [3.63, 3.8) is 0 Å². The van der Waals surface area contributed by atoms with Crippen LogP contribution in [0.1, 0.15) is 25.0 Å². The molecule has 8 nitrogen and oxygen atoms in total. The Balaban J connectivity index is 2.28. The van der Waals surface area contributed by atoms with Crippen LogP contribution in [0.25, 0.3) is 0 Å². The molecule has 0 bridgehead atoms. The van der Waals surface area contributed by atoms with Crippen molar-refractivity contribution in [3.05, 3.63) is 60.7 Å². The van der Waals surface area contributed by atoms with Gasteiger partial charge < -0.3 is 9.47 Å². The molecular weight excluding hydrogens is 364 g/mol. The molecule has 2 atom stereocenters. The molecule has 1 rings (SSSR count). The van der Waals surface area contributed by atoms with E-state index in [1.165, 1.54) is 0 Å². The Morgan fingerprint density at radius 1 is 0.929 bits per heavy atom. The highest BCUT2D eigenvalue weighted by Gasteiger charge is 2.07. The standard InChI is InChI=1S/C20H28N2O6/c1-5-19(23)25-13-15(3)27-21-11-17-8-7-9-18(10-17)12-22-28-16(4)14-26-20(24)6-2/h5-10,15-16,21-22H,1-2,11-14H2,3-4H3. The topological polar surface area (TPSA) is 95.1 Å². The van der Waals surface area contributed by atoms with Crippen LogP contribution >= 0.6 is 0 Å². The molecule has 1 aromatic carbocycles. The van der Waals surface area contributed by atoms with E-state index in [9.17, 15) is 9.59 Å². The van der Waals surface area contributed by atoms with Crippen LogP contribution in [0.2, 0.25) is 0 Å². The van der Waals surface area contributed by atoms with Crippen molar-refractivity contribution in [1.82, 2.24) is 11.0 Å². The highest BCUT2D eigenvalue weighted by Crippen LogP contribution is 2.06. The van der Waals surface area contributed by atoms with Gasteiger partial charge in [-0.25, -0.2) is 9.59 Å². The second-order valence-electron chi connectivity index (χ2n) is 5.99. The van der Waals surface area contributed by atoms with Crippen molar-refractivity contribution in [1.29, 1.82) is 0 Å². The largest absolute Gasteiger partial charge is 0.460 e. The molecule has 0 aliphatic carbocycles. The first-order valence-electron chi connectivity index (χ1n) is 8.87. The quantitative estimate of drug-likeness (QED) is 0.282. The van der Waals surface area contributed by atoms with Crippen LogP contribution in [0.5, 0.6) is 0 Å². The first-order valence-corrected chi connectivity index (χ1v) is 8.87. The third-order valence-electron chi connectivity index (χ3n) is 3.37. The number of hydroxylamine groups is 2. The second kappa shape index (κ2) is 13.6. The molecule has 8 heteroatoms. The molecule has 1 aromatic rings. The zero-order chi connectivity index (χ0) is 20.8. The zero-order valence-electron chi connectivity index (χ0n) is 16.3. The Morgan fingerprint density at radius 2 is 1.36 bits per heavy atom. The summed E-state index contributed by atoms with van der Waals surface area (Å²) in [6.45, 7) is 11.5. The molecule has 0 heterocycles. The third kappa shape index (κ3) is 10.6. The molecular formula is C20H28N2O6. The van der Waals surface area contributed by atoms with Crippen LogP contribution in [0.4, 0.5) is 0 Å². The van der Waals surface area contributed by atoms with Gasteiger partial charge in [-0.1, -0.05) is 37.4 Å². The summed E-state index contributed by atoms with van der Waals surface area (Å²) >= 11 is 0. The average molecular weight is 392 g/mol. The van der Waals surface area contributed by atoms with Crippen molar-refractivity contribution in [3.8, 4) is 0 Å². The van der Waals surface area contributed by atoms with Crippen LogP contribution < -0.4 is 11.0 Å². The van der Waals surface area contributed by atoms with Crippen LogP contribution in [-0.2, 0) is 41.8 Å². The summed E-state index contributed by atoms with van der Waals surface area (Å²) in [5, 5.41) is 0. The van der Waals surface area contributed by atoms with Gasteiger partial charge in [0.15, 0.2) is 0 Å². The number of nitrogens with one attached hydrogen (secondary N) is 2. The molecule has 0 spiro atoms. The summed E-state index contributed by atoms with van der Waals surface area (Å²) in [4.78, 5) is 32.8. The molecule has 0 fully saturated rings. The molecule has 0 aliphatic heterocycles. The smallest absolute Gasteiger partial charge is 0.330 e. The number of benzene rings is 1. The first-order chi connectivity index (χ1) is 13.4. The summed E-state index contributed by atoms with van der Waals surface area (Å²) in [6, 6.07) is 7.84. The Labute approximate surface area is 165 Å². The van der Waals surface area contributed by atoms with E-state index in [4.69, 9.17) is 19.1 Å². The van der Waals surface area contributed by atoms with E-state index in [0.29, 0.717) is 13.1 Å². The van der Waals surface area contributed by atoms with Gasteiger partial charge in [0.2, 0.25) is 0 Å². The fourth-order valence-corrected chi connectivity index (χ4v) is 1.97. The minimum atomic E-state index is -0.481.